The van der Waals surface area contributed by atoms with Gasteiger partial charge in [0.15, 0.2) is 0 Å². The maximum absolute atomic E-state index is 5.51. The van der Waals surface area contributed by atoms with E-state index >= 15 is 0 Å². The van der Waals surface area contributed by atoms with E-state index in [-0.39, 0.29) is 0 Å². The molecule has 0 saturated heterocycles. The fourth-order valence-electron chi connectivity index (χ4n) is 5.60. The topological polar surface area (TPSA) is 83.6 Å². The Balaban J connectivity index is 1.12. The van der Waals surface area contributed by atoms with Crippen LogP contribution in [0.25, 0.3) is 10.9 Å². The first-order chi connectivity index (χ1) is 20.0. The summed E-state index contributed by atoms with van der Waals surface area (Å²) in [6.07, 6.45) is 5.38. The molecular formula is C33H42N6O2. The Hall–Kier alpha value is -4.04. The molecule has 0 unspecified atom stereocenters. The van der Waals surface area contributed by atoms with Crippen LogP contribution in [0.2, 0.25) is 0 Å². The first-order valence-corrected chi connectivity index (χ1v) is 14.5. The van der Waals surface area contributed by atoms with Crippen molar-refractivity contribution in [2.45, 2.75) is 50.7 Å². The second kappa shape index (κ2) is 13.5. The van der Waals surface area contributed by atoms with Crippen LogP contribution in [0.15, 0.2) is 66.7 Å². The minimum Gasteiger partial charge on any atom is -0.497 e. The van der Waals surface area contributed by atoms with Crippen LogP contribution in [0.5, 0.6) is 11.5 Å². The average Bonchev–Trinajstić information content (AvgIpc) is 3.00. The number of anilines is 3. The van der Waals surface area contributed by atoms with Crippen LogP contribution in [-0.4, -0.2) is 56.9 Å². The van der Waals surface area contributed by atoms with Gasteiger partial charge in [-0.15, -0.1) is 0 Å². The lowest BCUT2D eigenvalue weighted by Crippen LogP contribution is -2.37. The van der Waals surface area contributed by atoms with Crippen molar-refractivity contribution in [2.75, 3.05) is 50.4 Å². The van der Waals surface area contributed by atoms with Gasteiger partial charge in [-0.3, -0.25) is 0 Å². The Morgan fingerprint density at radius 3 is 2.32 bits per heavy atom. The Morgan fingerprint density at radius 2 is 1.56 bits per heavy atom. The largest absolute Gasteiger partial charge is 0.497 e. The number of methoxy groups -OCH3 is 2. The van der Waals surface area contributed by atoms with Gasteiger partial charge in [-0.25, -0.2) is 4.98 Å². The van der Waals surface area contributed by atoms with Gasteiger partial charge in [-0.05, 0) is 67.5 Å². The highest BCUT2D eigenvalue weighted by molar-refractivity contribution is 5.90. The molecule has 5 rings (SSSR count). The third kappa shape index (κ3) is 7.19. The summed E-state index contributed by atoms with van der Waals surface area (Å²) >= 11 is 0. The number of aromatic nitrogens is 2. The van der Waals surface area contributed by atoms with Crippen LogP contribution in [0.4, 0.5) is 17.5 Å². The lowest BCUT2D eigenvalue weighted by Gasteiger charge is -2.30. The number of para-hydroxylation sites is 1. The molecule has 8 nitrogen and oxygen atoms in total. The number of ether oxygens (including phenoxy) is 2. The molecule has 3 aromatic carbocycles. The zero-order valence-electron chi connectivity index (χ0n) is 24.6. The monoisotopic (exact) mass is 554 g/mol. The molecule has 0 atom stereocenters. The van der Waals surface area contributed by atoms with Gasteiger partial charge in [0.25, 0.3) is 0 Å². The zero-order chi connectivity index (χ0) is 28.6. The van der Waals surface area contributed by atoms with Gasteiger partial charge < -0.3 is 30.3 Å². The molecule has 1 aliphatic rings. The van der Waals surface area contributed by atoms with Gasteiger partial charge in [0.05, 0.1) is 25.4 Å². The van der Waals surface area contributed by atoms with E-state index in [1.165, 1.54) is 11.1 Å². The van der Waals surface area contributed by atoms with Crippen molar-refractivity contribution in [2.24, 2.45) is 0 Å². The summed E-state index contributed by atoms with van der Waals surface area (Å²) in [6, 6.07) is 23.6. The predicted octanol–water partition coefficient (Wildman–Crippen LogP) is 5.88. The van der Waals surface area contributed by atoms with E-state index in [4.69, 9.17) is 19.4 Å². The van der Waals surface area contributed by atoms with Crippen LogP contribution in [-0.2, 0) is 13.0 Å². The molecule has 0 bridgehead atoms. The fraction of sp³-hybridized carbons (Fsp3) is 0.394. The molecule has 1 heterocycles. The molecule has 3 N–H and O–H groups in total. The average molecular weight is 555 g/mol. The van der Waals surface area contributed by atoms with E-state index in [0.717, 1.165) is 85.0 Å². The van der Waals surface area contributed by atoms with Crippen molar-refractivity contribution in [3.05, 3.63) is 77.9 Å². The number of hydrogen-bond acceptors (Lipinski definition) is 8. The van der Waals surface area contributed by atoms with Crippen LogP contribution < -0.4 is 30.3 Å². The zero-order valence-corrected chi connectivity index (χ0v) is 24.6. The summed E-state index contributed by atoms with van der Waals surface area (Å²) in [6.45, 7) is 1.69. The Kier molecular flexibility index (Phi) is 9.41. The van der Waals surface area contributed by atoms with E-state index in [2.05, 4.69) is 57.2 Å². The maximum Gasteiger partial charge on any atom is 0.225 e. The van der Waals surface area contributed by atoms with Gasteiger partial charge in [-0.1, -0.05) is 36.4 Å². The Labute approximate surface area is 243 Å². The molecule has 1 aromatic heterocycles. The van der Waals surface area contributed by atoms with Crippen molar-refractivity contribution in [3.8, 4) is 11.5 Å². The minimum absolute atomic E-state index is 0.385. The highest BCUT2D eigenvalue weighted by Gasteiger charge is 2.22. The van der Waals surface area contributed by atoms with E-state index in [0.29, 0.717) is 12.1 Å². The summed E-state index contributed by atoms with van der Waals surface area (Å²) in [5.74, 6) is 3.30. The lowest BCUT2D eigenvalue weighted by molar-refractivity contribution is 0.352. The molecule has 8 heteroatoms. The summed E-state index contributed by atoms with van der Waals surface area (Å²) in [5, 5.41) is 12.0. The molecule has 1 fully saturated rings. The molecule has 1 saturated carbocycles. The van der Waals surface area contributed by atoms with Gasteiger partial charge in [0.2, 0.25) is 5.95 Å². The third-order valence-electron chi connectivity index (χ3n) is 7.88. The smallest absolute Gasteiger partial charge is 0.225 e. The number of fused-ring (bicyclic) bond motifs is 1. The SMILES string of the molecule is COc1ccc(OC)c(NCCc2ccccc2CN[C@H]2CC[C@@H](Nc3nc(N(C)C)c4ccccc4n3)CC2)c1. The molecule has 0 aliphatic heterocycles. The minimum atomic E-state index is 0.385. The maximum atomic E-state index is 5.51. The van der Waals surface area contributed by atoms with Gasteiger partial charge in [0.1, 0.15) is 17.3 Å². The highest BCUT2D eigenvalue weighted by Crippen LogP contribution is 2.29. The second-order valence-electron chi connectivity index (χ2n) is 10.9. The lowest BCUT2D eigenvalue weighted by atomic mass is 9.91. The second-order valence-corrected chi connectivity index (χ2v) is 10.9. The first kappa shape index (κ1) is 28.5. The van der Waals surface area contributed by atoms with Crippen LogP contribution in [0.3, 0.4) is 0 Å². The number of benzene rings is 3. The molecule has 1 aliphatic carbocycles. The highest BCUT2D eigenvalue weighted by atomic mass is 16.5. The molecule has 41 heavy (non-hydrogen) atoms. The van der Waals surface area contributed by atoms with Crippen molar-refractivity contribution in [1.29, 1.82) is 0 Å². The summed E-state index contributed by atoms with van der Waals surface area (Å²) < 4.78 is 10.9. The van der Waals surface area contributed by atoms with Gasteiger partial charge in [-0.2, -0.15) is 4.98 Å². The van der Waals surface area contributed by atoms with E-state index in [1.54, 1.807) is 14.2 Å². The van der Waals surface area contributed by atoms with Crippen LogP contribution >= 0.6 is 0 Å². The summed E-state index contributed by atoms with van der Waals surface area (Å²) in [5.41, 5.74) is 4.63. The van der Waals surface area contributed by atoms with Crippen LogP contribution in [0.1, 0.15) is 36.8 Å². The Bertz CT molecular complexity index is 1430. The van der Waals surface area contributed by atoms with E-state index in [1.807, 2.05) is 44.4 Å². The van der Waals surface area contributed by atoms with Crippen molar-refractivity contribution < 1.29 is 9.47 Å². The number of hydrogen-bond donors (Lipinski definition) is 3. The quantitative estimate of drug-likeness (QED) is 0.200. The number of nitrogens with zero attached hydrogens (tertiary/aromatic N) is 3. The molecule has 0 spiro atoms. The Morgan fingerprint density at radius 1 is 0.829 bits per heavy atom. The van der Waals surface area contributed by atoms with Crippen molar-refractivity contribution >= 4 is 28.4 Å². The summed E-state index contributed by atoms with van der Waals surface area (Å²) in [4.78, 5) is 11.7. The van der Waals surface area contributed by atoms with Crippen molar-refractivity contribution in [3.63, 3.8) is 0 Å². The van der Waals surface area contributed by atoms with E-state index in [9.17, 15) is 0 Å². The van der Waals surface area contributed by atoms with Crippen molar-refractivity contribution in [1.82, 2.24) is 15.3 Å². The number of nitrogens with one attached hydrogen (secondary N) is 3. The molecule has 0 radical (unpaired) electrons. The first-order valence-electron chi connectivity index (χ1n) is 14.5. The standard InChI is InChI=1S/C33H42N6O2/c1-39(2)32-28-11-7-8-12-29(28)37-33(38-32)36-26-15-13-25(14-16-26)35-22-24-10-6-5-9-23(24)19-20-34-30-21-27(40-3)17-18-31(30)41-4/h5-12,17-18,21,25-26,34-35H,13-16,19-20,22H2,1-4H3,(H,36,37,38)/t25-,26+. The van der Waals surface area contributed by atoms with Crippen LogP contribution in [0, 0.1) is 0 Å². The fourth-order valence-corrected chi connectivity index (χ4v) is 5.60. The van der Waals surface area contributed by atoms with Gasteiger partial charge >= 0.3 is 0 Å². The predicted molar refractivity (Wildman–Crippen MR) is 169 cm³/mol. The normalized spacial score (nSPS) is 16.8. The molecule has 0 amide bonds. The van der Waals surface area contributed by atoms with Gasteiger partial charge in [0, 0.05) is 50.7 Å². The summed E-state index contributed by atoms with van der Waals surface area (Å²) in [7, 11) is 7.43. The van der Waals surface area contributed by atoms with E-state index < -0.39 is 0 Å². The third-order valence-corrected chi connectivity index (χ3v) is 7.88. The molecular weight excluding hydrogens is 512 g/mol. The molecule has 216 valence electrons. The number of rotatable bonds is 12. The molecule has 4 aromatic rings.